The average Bonchev–Trinajstić information content (AvgIpc) is 2.70. The third kappa shape index (κ3) is 4.54. The summed E-state index contributed by atoms with van der Waals surface area (Å²) in [4.78, 5) is 31.6. The van der Waals surface area contributed by atoms with Crippen LogP contribution in [0.4, 0.5) is 25.1 Å². The van der Waals surface area contributed by atoms with Crippen LogP contribution in [0.5, 0.6) is 0 Å². The van der Waals surface area contributed by atoms with E-state index in [0.29, 0.717) is 44.2 Å². The van der Waals surface area contributed by atoms with Crippen LogP contribution in [-0.4, -0.2) is 59.6 Å². The maximum absolute atomic E-state index is 13.7. The molecule has 1 aromatic carbocycles. The Morgan fingerprint density at radius 1 is 1.11 bits per heavy atom. The van der Waals surface area contributed by atoms with Crippen LogP contribution in [0.3, 0.4) is 0 Å². The van der Waals surface area contributed by atoms with Gasteiger partial charge in [-0.1, -0.05) is 0 Å². The van der Waals surface area contributed by atoms with E-state index in [4.69, 9.17) is 4.74 Å². The standard InChI is InChI=1S/C19H20F2N4O3/c1-2-28-19(27)25-9-7-24(8-10-25)18(26)13-3-6-17(22-12-13)23-16-5-4-14(20)11-15(16)21/h3-6,11-12H,2,7-10H2,1H3,(H,22,23). The van der Waals surface area contributed by atoms with Crippen molar-refractivity contribution in [2.24, 2.45) is 0 Å². The van der Waals surface area contributed by atoms with E-state index < -0.39 is 11.6 Å². The highest BCUT2D eigenvalue weighted by Gasteiger charge is 2.25. The molecule has 2 amide bonds. The molecule has 2 heterocycles. The van der Waals surface area contributed by atoms with Crippen molar-refractivity contribution in [3.8, 4) is 0 Å². The van der Waals surface area contributed by atoms with Crippen LogP contribution in [0, 0.1) is 11.6 Å². The van der Waals surface area contributed by atoms with Crippen molar-refractivity contribution in [1.29, 1.82) is 0 Å². The van der Waals surface area contributed by atoms with Crippen LogP contribution < -0.4 is 5.32 Å². The Bertz CT molecular complexity index is 853. The number of ether oxygens (including phenoxy) is 1. The number of aromatic nitrogens is 1. The lowest BCUT2D eigenvalue weighted by Gasteiger charge is -2.34. The second-order valence-corrected chi connectivity index (χ2v) is 6.16. The third-order valence-corrected chi connectivity index (χ3v) is 4.30. The molecule has 0 bridgehead atoms. The molecule has 1 aliphatic heterocycles. The maximum Gasteiger partial charge on any atom is 0.409 e. The largest absolute Gasteiger partial charge is 0.450 e. The number of halogens is 2. The molecule has 0 unspecified atom stereocenters. The lowest BCUT2D eigenvalue weighted by Crippen LogP contribution is -2.50. The predicted octanol–water partition coefficient (Wildman–Crippen LogP) is 3.02. The van der Waals surface area contributed by atoms with Gasteiger partial charge in [-0.2, -0.15) is 0 Å². The summed E-state index contributed by atoms with van der Waals surface area (Å²) in [5.41, 5.74) is 0.470. The number of nitrogens with one attached hydrogen (secondary N) is 1. The fraction of sp³-hybridized carbons (Fsp3) is 0.316. The molecule has 28 heavy (non-hydrogen) atoms. The molecule has 0 radical (unpaired) electrons. The maximum atomic E-state index is 13.7. The molecule has 148 valence electrons. The van der Waals surface area contributed by atoms with Crippen molar-refractivity contribution >= 4 is 23.5 Å². The van der Waals surface area contributed by atoms with Crippen molar-refractivity contribution in [3.63, 3.8) is 0 Å². The van der Waals surface area contributed by atoms with E-state index in [2.05, 4.69) is 10.3 Å². The minimum absolute atomic E-state index is 0.0862. The second-order valence-electron chi connectivity index (χ2n) is 6.16. The third-order valence-electron chi connectivity index (χ3n) is 4.30. The van der Waals surface area contributed by atoms with Gasteiger partial charge in [0.1, 0.15) is 17.5 Å². The summed E-state index contributed by atoms with van der Waals surface area (Å²) in [6, 6.07) is 6.31. The molecule has 7 nitrogen and oxygen atoms in total. The van der Waals surface area contributed by atoms with Gasteiger partial charge in [-0.3, -0.25) is 4.79 Å². The molecule has 1 N–H and O–H groups in total. The first-order valence-corrected chi connectivity index (χ1v) is 8.87. The van der Waals surface area contributed by atoms with Gasteiger partial charge in [-0.25, -0.2) is 18.6 Å². The monoisotopic (exact) mass is 390 g/mol. The fourth-order valence-electron chi connectivity index (χ4n) is 2.81. The van der Waals surface area contributed by atoms with Gasteiger partial charge in [-0.05, 0) is 31.2 Å². The first-order valence-electron chi connectivity index (χ1n) is 8.87. The second kappa shape index (κ2) is 8.64. The van der Waals surface area contributed by atoms with Crippen molar-refractivity contribution < 1.29 is 23.1 Å². The van der Waals surface area contributed by atoms with Gasteiger partial charge in [0.25, 0.3) is 5.91 Å². The van der Waals surface area contributed by atoms with Crippen molar-refractivity contribution in [3.05, 3.63) is 53.7 Å². The molecule has 0 atom stereocenters. The summed E-state index contributed by atoms with van der Waals surface area (Å²) >= 11 is 0. The van der Waals surface area contributed by atoms with Crippen molar-refractivity contribution in [1.82, 2.24) is 14.8 Å². The van der Waals surface area contributed by atoms with E-state index >= 15 is 0 Å². The Kier molecular flexibility index (Phi) is 6.03. The fourth-order valence-corrected chi connectivity index (χ4v) is 2.81. The first-order chi connectivity index (χ1) is 13.5. The van der Waals surface area contributed by atoms with Gasteiger partial charge in [0.05, 0.1) is 17.9 Å². The van der Waals surface area contributed by atoms with E-state index in [1.54, 1.807) is 28.9 Å². The molecule has 0 aliphatic carbocycles. The van der Waals surface area contributed by atoms with E-state index in [1.165, 1.54) is 12.3 Å². The molecular weight excluding hydrogens is 370 g/mol. The summed E-state index contributed by atoms with van der Waals surface area (Å²) in [5.74, 6) is -1.27. The molecular formula is C19H20F2N4O3. The van der Waals surface area contributed by atoms with E-state index in [0.717, 1.165) is 12.1 Å². The van der Waals surface area contributed by atoms with Crippen molar-refractivity contribution in [2.45, 2.75) is 6.92 Å². The van der Waals surface area contributed by atoms with Crippen LogP contribution in [0.15, 0.2) is 36.5 Å². The van der Waals surface area contributed by atoms with Crippen molar-refractivity contribution in [2.75, 3.05) is 38.1 Å². The molecule has 0 saturated carbocycles. The number of hydrogen-bond donors (Lipinski definition) is 1. The summed E-state index contributed by atoms with van der Waals surface area (Å²) < 4.78 is 31.6. The van der Waals surface area contributed by atoms with Crippen LogP contribution in [0.25, 0.3) is 0 Å². The van der Waals surface area contributed by atoms with Crippen LogP contribution in [-0.2, 0) is 4.74 Å². The molecule has 3 rings (SSSR count). The van der Waals surface area contributed by atoms with E-state index in [-0.39, 0.29) is 17.7 Å². The average molecular weight is 390 g/mol. The summed E-state index contributed by atoms with van der Waals surface area (Å²) in [7, 11) is 0. The number of pyridine rings is 1. The number of rotatable bonds is 4. The zero-order valence-electron chi connectivity index (χ0n) is 15.3. The Morgan fingerprint density at radius 3 is 2.43 bits per heavy atom. The quantitative estimate of drug-likeness (QED) is 0.869. The molecule has 2 aromatic rings. The van der Waals surface area contributed by atoms with E-state index in [9.17, 15) is 18.4 Å². The molecule has 1 saturated heterocycles. The number of anilines is 2. The van der Waals surface area contributed by atoms with Gasteiger partial charge < -0.3 is 19.9 Å². The highest BCUT2D eigenvalue weighted by atomic mass is 19.1. The number of amides is 2. The molecule has 0 spiro atoms. The number of carbonyl (C=O) groups excluding carboxylic acids is 2. The van der Waals surface area contributed by atoms with Crippen LogP contribution in [0.1, 0.15) is 17.3 Å². The summed E-state index contributed by atoms with van der Waals surface area (Å²) in [5, 5.41) is 2.74. The number of piperazine rings is 1. The topological polar surface area (TPSA) is 74.8 Å². The normalized spacial score (nSPS) is 14.0. The number of nitrogens with zero attached hydrogens (tertiary/aromatic N) is 3. The Morgan fingerprint density at radius 2 is 1.82 bits per heavy atom. The van der Waals surface area contributed by atoms with Gasteiger partial charge >= 0.3 is 6.09 Å². The predicted molar refractivity (Wildman–Crippen MR) is 98.4 cm³/mol. The zero-order valence-corrected chi connectivity index (χ0v) is 15.3. The molecule has 1 aromatic heterocycles. The Hall–Kier alpha value is -3.23. The Labute approximate surface area is 160 Å². The highest BCUT2D eigenvalue weighted by Crippen LogP contribution is 2.20. The van der Waals surface area contributed by atoms with Crippen LogP contribution >= 0.6 is 0 Å². The SMILES string of the molecule is CCOC(=O)N1CCN(C(=O)c2ccc(Nc3ccc(F)cc3F)nc2)CC1. The number of benzene rings is 1. The van der Waals surface area contributed by atoms with Gasteiger partial charge in [0, 0.05) is 38.4 Å². The Balaban J connectivity index is 1.59. The van der Waals surface area contributed by atoms with Gasteiger partial charge in [0.2, 0.25) is 0 Å². The van der Waals surface area contributed by atoms with E-state index in [1.807, 2.05) is 0 Å². The minimum Gasteiger partial charge on any atom is -0.450 e. The smallest absolute Gasteiger partial charge is 0.409 e. The number of hydrogen-bond acceptors (Lipinski definition) is 5. The first kappa shape index (κ1) is 19.5. The zero-order chi connectivity index (χ0) is 20.1. The lowest BCUT2D eigenvalue weighted by molar-refractivity contribution is 0.0570. The highest BCUT2D eigenvalue weighted by molar-refractivity contribution is 5.94. The molecule has 1 fully saturated rings. The summed E-state index contributed by atoms with van der Waals surface area (Å²) in [6.45, 7) is 3.67. The summed E-state index contributed by atoms with van der Waals surface area (Å²) in [6.07, 6.45) is 1.02. The van der Waals surface area contributed by atoms with Crippen LogP contribution in [0.2, 0.25) is 0 Å². The van der Waals surface area contributed by atoms with Gasteiger partial charge in [-0.15, -0.1) is 0 Å². The number of carbonyl (C=O) groups is 2. The van der Waals surface area contributed by atoms with Gasteiger partial charge in [0.15, 0.2) is 0 Å². The lowest BCUT2D eigenvalue weighted by atomic mass is 10.2. The molecule has 1 aliphatic rings. The molecule has 9 heteroatoms. The minimum atomic E-state index is -0.735.